The lowest BCUT2D eigenvalue weighted by Gasteiger charge is -2.10. The van der Waals surface area contributed by atoms with Crippen molar-refractivity contribution in [3.8, 4) is 0 Å². The molecule has 0 fully saturated rings. The van der Waals surface area contributed by atoms with Gasteiger partial charge in [0, 0.05) is 6.54 Å². The molecule has 0 aliphatic rings. The molecule has 7 nitrogen and oxygen atoms in total. The van der Waals surface area contributed by atoms with Crippen molar-refractivity contribution in [2.45, 2.75) is 35.7 Å². The first-order chi connectivity index (χ1) is 9.16. The topological polar surface area (TPSA) is 127 Å². The van der Waals surface area contributed by atoms with Gasteiger partial charge in [-0.1, -0.05) is 13.0 Å². The van der Waals surface area contributed by atoms with Crippen LogP contribution in [0, 0.1) is 0 Å². The predicted octanol–water partition coefficient (Wildman–Crippen LogP) is -0.227. The van der Waals surface area contributed by atoms with Crippen molar-refractivity contribution < 1.29 is 21.9 Å². The molecule has 114 valence electrons. The lowest BCUT2D eigenvalue weighted by Crippen LogP contribution is -2.27. The second kappa shape index (κ2) is 6.64. The molecule has 1 aromatic carbocycles. The zero-order valence-electron chi connectivity index (χ0n) is 11.0. The van der Waals surface area contributed by atoms with Crippen LogP contribution in [0.5, 0.6) is 0 Å². The molecule has 0 spiro atoms. The highest BCUT2D eigenvalue weighted by molar-refractivity contribution is 7.90. The Labute approximate surface area is 118 Å². The Kier molecular flexibility index (Phi) is 5.66. The number of benzene rings is 1. The molecule has 1 aromatic rings. The van der Waals surface area contributed by atoms with Gasteiger partial charge in [0.25, 0.3) is 0 Å². The van der Waals surface area contributed by atoms with E-state index in [1.54, 1.807) is 6.92 Å². The monoisotopic (exact) mass is 322 g/mol. The molecule has 0 saturated heterocycles. The summed E-state index contributed by atoms with van der Waals surface area (Å²) in [6.07, 6.45) is 0.237. The van der Waals surface area contributed by atoms with Gasteiger partial charge in [-0.05, 0) is 31.0 Å². The summed E-state index contributed by atoms with van der Waals surface area (Å²) in [6, 6.07) is 4.78. The van der Waals surface area contributed by atoms with Crippen molar-refractivity contribution in [3.05, 3.63) is 24.3 Å². The molecule has 0 amide bonds. The summed E-state index contributed by atoms with van der Waals surface area (Å²) in [5.41, 5.74) is 0. The summed E-state index contributed by atoms with van der Waals surface area (Å²) >= 11 is 0. The third kappa shape index (κ3) is 4.84. The molecule has 1 unspecified atom stereocenters. The number of hydrogen-bond donors (Lipinski definition) is 3. The summed E-state index contributed by atoms with van der Waals surface area (Å²) in [5, 5.41) is 14.3. The van der Waals surface area contributed by atoms with Gasteiger partial charge in [-0.15, -0.1) is 0 Å². The van der Waals surface area contributed by atoms with Crippen molar-refractivity contribution in [1.29, 1.82) is 0 Å². The van der Waals surface area contributed by atoms with E-state index in [2.05, 4.69) is 4.72 Å². The highest BCUT2D eigenvalue weighted by Gasteiger charge is 2.17. The number of rotatable bonds is 7. The van der Waals surface area contributed by atoms with Gasteiger partial charge >= 0.3 is 0 Å². The number of aliphatic hydroxyl groups excluding tert-OH is 1. The molecule has 20 heavy (non-hydrogen) atoms. The van der Waals surface area contributed by atoms with Gasteiger partial charge in [0.15, 0.2) is 0 Å². The van der Waals surface area contributed by atoms with Crippen LogP contribution < -0.4 is 9.86 Å². The summed E-state index contributed by atoms with van der Waals surface area (Å²) in [5.74, 6) is 0. The normalized spacial score (nSPS) is 14.2. The summed E-state index contributed by atoms with van der Waals surface area (Å²) in [4.78, 5) is -0.455. The highest BCUT2D eigenvalue weighted by atomic mass is 32.2. The molecule has 0 aliphatic heterocycles. The fourth-order valence-electron chi connectivity index (χ4n) is 1.47. The molecule has 0 aromatic heterocycles. The zero-order chi connectivity index (χ0) is 15.4. The number of aliphatic hydroxyl groups is 1. The molecule has 4 N–H and O–H groups in total. The maximum absolute atomic E-state index is 12.0. The standard InChI is InChI=1S/C11H18N2O5S2/c1-2-9(14)6-7-13-20(17,18)11-5-3-4-10(8-11)19(12,15)16/h3-5,8-9,13-14H,2,6-7H2,1H3,(H2,12,15,16). The second-order valence-electron chi connectivity index (χ2n) is 4.27. The van der Waals surface area contributed by atoms with E-state index in [-0.39, 0.29) is 22.8 Å². The van der Waals surface area contributed by atoms with Gasteiger partial charge in [-0.25, -0.2) is 26.7 Å². The number of primary sulfonamides is 1. The van der Waals surface area contributed by atoms with Crippen LogP contribution in [0.1, 0.15) is 19.8 Å². The Hall–Kier alpha value is -1.00. The summed E-state index contributed by atoms with van der Waals surface area (Å²) in [7, 11) is -7.78. The lowest BCUT2D eigenvalue weighted by molar-refractivity contribution is 0.162. The van der Waals surface area contributed by atoms with E-state index in [0.717, 1.165) is 6.07 Å². The van der Waals surface area contributed by atoms with Gasteiger partial charge in [0.2, 0.25) is 20.0 Å². The minimum atomic E-state index is -3.96. The highest BCUT2D eigenvalue weighted by Crippen LogP contribution is 2.14. The Morgan fingerprint density at radius 2 is 1.85 bits per heavy atom. The van der Waals surface area contributed by atoms with Crippen LogP contribution in [0.2, 0.25) is 0 Å². The Morgan fingerprint density at radius 1 is 1.25 bits per heavy atom. The van der Waals surface area contributed by atoms with E-state index in [0.29, 0.717) is 6.42 Å². The van der Waals surface area contributed by atoms with Crippen LogP contribution in [0.3, 0.4) is 0 Å². The van der Waals surface area contributed by atoms with E-state index >= 15 is 0 Å². The largest absolute Gasteiger partial charge is 0.393 e. The van der Waals surface area contributed by atoms with Gasteiger partial charge in [-0.2, -0.15) is 0 Å². The van der Waals surface area contributed by atoms with Crippen LogP contribution in [-0.2, 0) is 20.0 Å². The minimum absolute atomic E-state index is 0.0664. The van der Waals surface area contributed by atoms with E-state index in [9.17, 15) is 21.9 Å². The second-order valence-corrected chi connectivity index (χ2v) is 7.60. The molecule has 0 radical (unpaired) electrons. The first-order valence-electron chi connectivity index (χ1n) is 5.97. The van der Waals surface area contributed by atoms with Crippen LogP contribution in [0.15, 0.2) is 34.1 Å². The van der Waals surface area contributed by atoms with Gasteiger partial charge in [0.1, 0.15) is 0 Å². The maximum Gasteiger partial charge on any atom is 0.240 e. The lowest BCUT2D eigenvalue weighted by atomic mass is 10.2. The van der Waals surface area contributed by atoms with Crippen molar-refractivity contribution in [2.24, 2.45) is 5.14 Å². The molecule has 9 heteroatoms. The van der Waals surface area contributed by atoms with E-state index < -0.39 is 26.2 Å². The molecule has 0 bridgehead atoms. The third-order valence-electron chi connectivity index (χ3n) is 2.69. The van der Waals surface area contributed by atoms with Crippen LogP contribution >= 0.6 is 0 Å². The number of nitrogens with one attached hydrogen (secondary N) is 1. The smallest absolute Gasteiger partial charge is 0.240 e. The third-order valence-corrected chi connectivity index (χ3v) is 5.05. The molecule has 0 heterocycles. The van der Waals surface area contributed by atoms with Crippen LogP contribution in [0.4, 0.5) is 0 Å². The number of hydrogen-bond acceptors (Lipinski definition) is 5. The maximum atomic E-state index is 12.0. The molecular weight excluding hydrogens is 304 g/mol. The zero-order valence-corrected chi connectivity index (χ0v) is 12.6. The summed E-state index contributed by atoms with van der Waals surface area (Å²) < 4.78 is 48.6. The van der Waals surface area contributed by atoms with E-state index in [1.807, 2.05) is 0 Å². The first kappa shape index (κ1) is 17.1. The van der Waals surface area contributed by atoms with Gasteiger partial charge < -0.3 is 5.11 Å². The van der Waals surface area contributed by atoms with Crippen LogP contribution in [-0.4, -0.2) is 34.6 Å². The number of sulfonamides is 2. The van der Waals surface area contributed by atoms with E-state index in [1.165, 1.54) is 18.2 Å². The van der Waals surface area contributed by atoms with Gasteiger partial charge in [0.05, 0.1) is 15.9 Å². The van der Waals surface area contributed by atoms with Gasteiger partial charge in [-0.3, -0.25) is 0 Å². The Bertz CT molecular complexity index is 655. The fraction of sp³-hybridized carbons (Fsp3) is 0.455. The van der Waals surface area contributed by atoms with Crippen molar-refractivity contribution in [2.75, 3.05) is 6.54 Å². The first-order valence-corrected chi connectivity index (χ1v) is 9.00. The van der Waals surface area contributed by atoms with Crippen molar-refractivity contribution in [1.82, 2.24) is 4.72 Å². The average molecular weight is 322 g/mol. The Morgan fingerprint density at radius 3 is 2.40 bits per heavy atom. The molecule has 0 aliphatic carbocycles. The van der Waals surface area contributed by atoms with Crippen molar-refractivity contribution >= 4 is 20.0 Å². The molecule has 0 saturated carbocycles. The average Bonchev–Trinajstić information content (AvgIpc) is 2.37. The fourth-order valence-corrected chi connectivity index (χ4v) is 3.19. The Balaban J connectivity index is 2.88. The molecule has 1 rings (SSSR count). The SMILES string of the molecule is CCC(O)CCNS(=O)(=O)c1cccc(S(N)(=O)=O)c1. The minimum Gasteiger partial charge on any atom is -0.393 e. The quantitative estimate of drug-likeness (QED) is 0.639. The van der Waals surface area contributed by atoms with Crippen LogP contribution in [0.25, 0.3) is 0 Å². The van der Waals surface area contributed by atoms with E-state index in [4.69, 9.17) is 5.14 Å². The number of nitrogens with two attached hydrogens (primary N) is 1. The molecule has 1 atom stereocenters. The predicted molar refractivity (Wildman–Crippen MR) is 73.9 cm³/mol. The summed E-state index contributed by atoms with van der Waals surface area (Å²) in [6.45, 7) is 1.85. The van der Waals surface area contributed by atoms with Crippen molar-refractivity contribution in [3.63, 3.8) is 0 Å². The molecular formula is C11H18N2O5S2.